The van der Waals surface area contributed by atoms with Gasteiger partial charge in [-0.15, -0.1) is 0 Å². The van der Waals surface area contributed by atoms with Crippen molar-refractivity contribution in [3.63, 3.8) is 0 Å². The van der Waals surface area contributed by atoms with Crippen LogP contribution in [0.15, 0.2) is 0 Å². The van der Waals surface area contributed by atoms with E-state index in [9.17, 15) is 0 Å². The van der Waals surface area contributed by atoms with Crippen LogP contribution in [0.2, 0.25) is 0 Å². The molecule has 0 bridgehead atoms. The molecule has 6 heavy (non-hydrogen) atoms. The molecule has 1 radical (unpaired) electrons. The number of hydrogen-bond donors (Lipinski definition) is 0. The molecule has 35 valence electrons. The van der Waals surface area contributed by atoms with Crippen molar-refractivity contribution in [3.8, 4) is 0 Å². The van der Waals surface area contributed by atoms with Crippen molar-refractivity contribution in [1.82, 2.24) is 0 Å². The second-order valence-electron chi connectivity index (χ2n) is 0. The van der Waals surface area contributed by atoms with Crippen molar-refractivity contribution in [2.24, 2.45) is 0 Å². The molecule has 0 amide bonds. The van der Waals surface area contributed by atoms with E-state index in [-0.39, 0.29) is 56.6 Å². The third kappa shape index (κ3) is 91.3. The van der Waals surface area contributed by atoms with Gasteiger partial charge in [0.1, 0.15) is 0 Å². The summed E-state index contributed by atoms with van der Waals surface area (Å²) in [5.74, 6) is 0. The molecular weight excluding hydrogens is 143 g/mol. The van der Waals surface area contributed by atoms with Gasteiger partial charge in [-0.3, -0.25) is 0 Å². The van der Waals surface area contributed by atoms with Crippen LogP contribution < -0.4 is 0 Å². The van der Waals surface area contributed by atoms with Crippen molar-refractivity contribution in [3.05, 3.63) is 0 Å². The van der Waals surface area contributed by atoms with Gasteiger partial charge in [-0.25, -0.2) is 0 Å². The fraction of sp³-hybridized carbons (Fsp3) is 0. The van der Waals surface area contributed by atoms with Gasteiger partial charge in [0.2, 0.25) is 0 Å². The molecule has 2 N–H and O–H groups in total. The van der Waals surface area contributed by atoms with Gasteiger partial charge in [0.05, 0.1) is 0 Å². The van der Waals surface area contributed by atoms with E-state index < -0.39 is 0 Å². The van der Waals surface area contributed by atoms with Crippen molar-refractivity contribution in [2.75, 3.05) is 0 Å². The van der Waals surface area contributed by atoms with E-state index in [4.69, 9.17) is 0 Å². The third-order valence-corrected chi connectivity index (χ3v) is 0. The minimum absolute atomic E-state index is 0. The van der Waals surface area contributed by atoms with Gasteiger partial charge in [0.15, 0.2) is 0 Å². The topological polar surface area (TPSA) is 117 Å². The normalized spacial score (nSPS) is 0. The molecule has 0 rings (SSSR count). The van der Waals surface area contributed by atoms with E-state index in [1.54, 1.807) is 0 Å². The monoisotopic (exact) mass is 145 g/mol. The molecule has 0 spiro atoms. The number of rotatable bonds is 0. The van der Waals surface area contributed by atoms with Crippen LogP contribution in [0.1, 0.15) is 0 Å². The molecule has 4 nitrogen and oxygen atoms in total. The SMILES string of the molecule is O.[Al+3].[Cr+3].[O-2].[O-2].[O-2]. The largest absolute Gasteiger partial charge is 3.00 e. The van der Waals surface area contributed by atoms with Crippen LogP contribution in [0.4, 0.5) is 0 Å². The van der Waals surface area contributed by atoms with E-state index in [1.165, 1.54) is 0 Å². The molecule has 0 unspecified atom stereocenters. The van der Waals surface area contributed by atoms with E-state index in [0.717, 1.165) is 0 Å². The molecule has 0 aliphatic rings. The Labute approximate surface area is 57.0 Å². The molecule has 0 saturated heterocycles. The second kappa shape index (κ2) is 173. The Hall–Kier alpha value is 0.905. The molecule has 0 fully saturated rings. The van der Waals surface area contributed by atoms with E-state index in [1.807, 2.05) is 0 Å². The van der Waals surface area contributed by atoms with Gasteiger partial charge < -0.3 is 21.9 Å². The zero-order valence-corrected chi connectivity index (χ0v) is 5.14. The molecule has 0 saturated carbocycles. The summed E-state index contributed by atoms with van der Waals surface area (Å²) >= 11 is 0. The summed E-state index contributed by atoms with van der Waals surface area (Å²) in [4.78, 5) is 0. The number of hydrogen-bond acceptors (Lipinski definition) is 0. The molecule has 0 aliphatic heterocycles. The van der Waals surface area contributed by atoms with Crippen molar-refractivity contribution < 1.29 is 39.3 Å². The quantitative estimate of drug-likeness (QED) is 0.366. The van der Waals surface area contributed by atoms with E-state index in [0.29, 0.717) is 0 Å². The summed E-state index contributed by atoms with van der Waals surface area (Å²) in [5.41, 5.74) is 0. The Balaban J connectivity index is 0. The predicted octanol–water partition coefficient (Wildman–Crippen LogP) is -1.56. The summed E-state index contributed by atoms with van der Waals surface area (Å²) in [6.07, 6.45) is 0. The summed E-state index contributed by atoms with van der Waals surface area (Å²) in [6, 6.07) is 0. The molecule has 0 aromatic carbocycles. The average Bonchev–Trinajstić information content (AvgIpc) is 0. The minimum Gasteiger partial charge on any atom is -2.00 e. The zero-order chi connectivity index (χ0) is 0. The Morgan fingerprint density at radius 1 is 0.667 bits per heavy atom. The Bertz CT molecular complexity index is 7.51. The maximum absolute atomic E-state index is 0. The first-order chi connectivity index (χ1) is 0. The standard InChI is InChI=1S/Al.Cr.H2O.3O/h;;1H2;;;/q2*+3;;3*-2. The first-order valence-electron chi connectivity index (χ1n) is 0. The summed E-state index contributed by atoms with van der Waals surface area (Å²) < 4.78 is 0. The smallest absolute Gasteiger partial charge is 2.00 e. The molecular formula is H2AlCrO4. The van der Waals surface area contributed by atoms with Crippen LogP contribution in [0, 0.1) is 0 Å². The first kappa shape index (κ1) is 294. The van der Waals surface area contributed by atoms with Crippen LogP contribution in [0.5, 0.6) is 0 Å². The molecule has 0 heterocycles. The van der Waals surface area contributed by atoms with Gasteiger partial charge in [0, 0.05) is 0 Å². The molecule has 0 aliphatic carbocycles. The van der Waals surface area contributed by atoms with E-state index in [2.05, 4.69) is 0 Å². The van der Waals surface area contributed by atoms with Crippen LogP contribution in [0.25, 0.3) is 0 Å². The van der Waals surface area contributed by atoms with Gasteiger partial charge >= 0.3 is 34.7 Å². The van der Waals surface area contributed by atoms with Crippen LogP contribution in [-0.2, 0) is 33.8 Å². The Morgan fingerprint density at radius 2 is 0.667 bits per heavy atom. The predicted molar refractivity (Wildman–Crippen MR) is 11.4 cm³/mol. The van der Waals surface area contributed by atoms with Gasteiger partial charge in [0.25, 0.3) is 0 Å². The molecule has 0 atom stereocenters. The Kier molecular flexibility index (Phi) is 8500. The Morgan fingerprint density at radius 3 is 0.667 bits per heavy atom. The summed E-state index contributed by atoms with van der Waals surface area (Å²) in [6.45, 7) is 0. The minimum atomic E-state index is 0. The zero-order valence-electron chi connectivity index (χ0n) is 2.71. The summed E-state index contributed by atoms with van der Waals surface area (Å²) in [5, 5.41) is 0. The fourth-order valence-electron chi connectivity index (χ4n) is 0. The van der Waals surface area contributed by atoms with E-state index >= 15 is 0 Å². The van der Waals surface area contributed by atoms with Gasteiger partial charge in [-0.2, -0.15) is 0 Å². The van der Waals surface area contributed by atoms with Gasteiger partial charge in [-0.1, -0.05) is 0 Å². The molecule has 0 aromatic rings. The third-order valence-electron chi connectivity index (χ3n) is 0. The molecule has 6 heteroatoms. The maximum Gasteiger partial charge on any atom is 3.00 e. The van der Waals surface area contributed by atoms with Crippen LogP contribution >= 0.6 is 0 Å². The van der Waals surface area contributed by atoms with Crippen molar-refractivity contribution in [1.29, 1.82) is 0 Å². The van der Waals surface area contributed by atoms with Crippen molar-refractivity contribution >= 4 is 17.4 Å². The average molecular weight is 145 g/mol. The fourth-order valence-corrected chi connectivity index (χ4v) is 0. The first-order valence-corrected chi connectivity index (χ1v) is 0. The maximum atomic E-state index is 0. The van der Waals surface area contributed by atoms with Crippen molar-refractivity contribution in [2.45, 2.75) is 0 Å². The van der Waals surface area contributed by atoms with Crippen LogP contribution in [0.3, 0.4) is 0 Å². The molecule has 0 aromatic heterocycles. The van der Waals surface area contributed by atoms with Gasteiger partial charge in [-0.05, 0) is 0 Å². The van der Waals surface area contributed by atoms with Crippen LogP contribution in [-0.4, -0.2) is 22.8 Å². The summed E-state index contributed by atoms with van der Waals surface area (Å²) in [7, 11) is 0. The second-order valence-corrected chi connectivity index (χ2v) is 0.